The first kappa shape index (κ1) is 23.5. The molecule has 10 heteroatoms. The number of fused-ring (bicyclic) bond motifs is 1. The van der Waals surface area contributed by atoms with E-state index in [1.54, 1.807) is 28.9 Å². The van der Waals surface area contributed by atoms with E-state index in [4.69, 9.17) is 24.0 Å². The van der Waals surface area contributed by atoms with Crippen molar-refractivity contribution in [1.82, 2.24) is 14.3 Å². The number of rotatable bonds is 4. The molecule has 5 rings (SSSR count). The van der Waals surface area contributed by atoms with E-state index in [0.717, 1.165) is 22.3 Å². The highest BCUT2D eigenvalue weighted by Gasteiger charge is 2.31. The molecule has 0 N–H and O–H groups in total. The Hall–Kier alpha value is -4.21. The van der Waals surface area contributed by atoms with Crippen LogP contribution in [0.3, 0.4) is 0 Å². The summed E-state index contributed by atoms with van der Waals surface area (Å²) in [6, 6.07) is 11.1. The minimum absolute atomic E-state index is 0.325. The van der Waals surface area contributed by atoms with Crippen molar-refractivity contribution in [1.29, 1.82) is 0 Å². The maximum atomic E-state index is 12.9. The Morgan fingerprint density at radius 3 is 2.44 bits per heavy atom. The second kappa shape index (κ2) is 8.47. The van der Waals surface area contributed by atoms with Crippen LogP contribution < -0.4 is 14.5 Å². The molecule has 2 aromatic carbocycles. The zero-order chi connectivity index (χ0) is 25.8. The van der Waals surface area contributed by atoms with Crippen molar-refractivity contribution in [2.24, 2.45) is 0 Å². The van der Waals surface area contributed by atoms with E-state index in [0.29, 0.717) is 41.3 Å². The third-order valence-corrected chi connectivity index (χ3v) is 6.08. The molecule has 0 unspecified atom stereocenters. The first-order valence-electron chi connectivity index (χ1n) is 11.5. The van der Waals surface area contributed by atoms with Crippen molar-refractivity contribution >= 4 is 39.7 Å². The highest BCUT2D eigenvalue weighted by Crippen LogP contribution is 2.39. The predicted octanol–water partition coefficient (Wildman–Crippen LogP) is 4.27. The lowest BCUT2D eigenvalue weighted by Crippen LogP contribution is -2.40. The van der Waals surface area contributed by atoms with Crippen molar-refractivity contribution in [3.63, 3.8) is 0 Å². The number of amides is 1. The van der Waals surface area contributed by atoms with Gasteiger partial charge in [0.1, 0.15) is 24.0 Å². The van der Waals surface area contributed by atoms with Crippen LogP contribution >= 0.6 is 0 Å². The molecule has 36 heavy (non-hydrogen) atoms. The molecule has 3 heterocycles. The van der Waals surface area contributed by atoms with Crippen LogP contribution in [0.1, 0.15) is 31.1 Å². The van der Waals surface area contributed by atoms with Crippen molar-refractivity contribution < 1.29 is 28.6 Å². The molecule has 0 radical (unpaired) electrons. The van der Waals surface area contributed by atoms with Crippen LogP contribution in [0.4, 0.5) is 10.5 Å². The zero-order valence-electron chi connectivity index (χ0n) is 21.1. The molecular formula is C26H28N4O6. The van der Waals surface area contributed by atoms with Gasteiger partial charge in [-0.3, -0.25) is 4.90 Å². The lowest BCUT2D eigenvalue weighted by molar-refractivity contribution is 0.0574. The van der Waals surface area contributed by atoms with Gasteiger partial charge in [-0.25, -0.2) is 14.6 Å². The van der Waals surface area contributed by atoms with Crippen LogP contribution in [0, 0.1) is 0 Å². The van der Waals surface area contributed by atoms with E-state index < -0.39 is 11.6 Å². The molecule has 10 nitrogen and oxygen atoms in total. The van der Waals surface area contributed by atoms with Gasteiger partial charge in [0, 0.05) is 18.5 Å². The number of aromatic nitrogens is 3. The average Bonchev–Trinajstić information content (AvgIpc) is 3.41. The predicted molar refractivity (Wildman–Crippen MR) is 135 cm³/mol. The first-order valence-corrected chi connectivity index (χ1v) is 11.5. The van der Waals surface area contributed by atoms with Crippen molar-refractivity contribution in [3.8, 4) is 17.3 Å². The summed E-state index contributed by atoms with van der Waals surface area (Å²) in [5, 5.41) is 0.952. The Morgan fingerprint density at radius 1 is 1.00 bits per heavy atom. The van der Waals surface area contributed by atoms with Crippen LogP contribution in [-0.4, -0.2) is 59.8 Å². The minimum Gasteiger partial charge on any atom is -0.494 e. The van der Waals surface area contributed by atoms with Gasteiger partial charge in [0.25, 0.3) is 0 Å². The second-order valence-electron chi connectivity index (χ2n) is 9.48. The molecule has 0 fully saturated rings. The fourth-order valence-electron chi connectivity index (χ4n) is 4.65. The summed E-state index contributed by atoms with van der Waals surface area (Å²) in [5.41, 5.74) is 3.32. The monoisotopic (exact) mass is 492 g/mol. The van der Waals surface area contributed by atoms with Gasteiger partial charge in [-0.15, -0.1) is 0 Å². The third kappa shape index (κ3) is 3.69. The Balaban J connectivity index is 1.70. The Morgan fingerprint density at radius 2 is 1.78 bits per heavy atom. The van der Waals surface area contributed by atoms with Crippen molar-refractivity contribution in [2.75, 3.05) is 32.8 Å². The van der Waals surface area contributed by atoms with Gasteiger partial charge >= 0.3 is 12.1 Å². The number of anilines is 1. The van der Waals surface area contributed by atoms with E-state index in [9.17, 15) is 9.59 Å². The number of hydrogen-bond donors (Lipinski definition) is 0. The molecule has 0 saturated heterocycles. The zero-order valence-corrected chi connectivity index (χ0v) is 21.1. The number of nitrogens with zero attached hydrogens (tertiary/aromatic N) is 4. The molecule has 188 valence electrons. The summed E-state index contributed by atoms with van der Waals surface area (Å²) in [6.07, 6.45) is -0.381. The summed E-state index contributed by atoms with van der Waals surface area (Å²) in [6.45, 7) is 6.53. The molecule has 4 aromatic rings. The largest absolute Gasteiger partial charge is 0.494 e. The summed E-state index contributed by atoms with van der Waals surface area (Å²) in [7, 11) is 4.40. The smallest absolute Gasteiger partial charge is 0.414 e. The molecule has 0 saturated carbocycles. The standard InChI is InChI=1S/C26H28N4O6/c1-26(2,3)36-25(32)29-11-10-28-19(13-15-8-7-9-18(29)21(15)28)23-27-17-12-16(24(31)34-5)14-20(33-4)22(17)30(23)35-6/h7-9,12-14H,10-11H2,1-6H3. The van der Waals surface area contributed by atoms with Gasteiger partial charge in [-0.1, -0.05) is 12.1 Å². The molecule has 0 spiro atoms. The number of hydrogen-bond acceptors (Lipinski definition) is 7. The van der Waals surface area contributed by atoms with Gasteiger partial charge < -0.3 is 23.6 Å². The Bertz CT molecular complexity index is 1510. The Kier molecular flexibility index (Phi) is 5.54. The van der Waals surface area contributed by atoms with Crippen LogP contribution in [0.2, 0.25) is 0 Å². The van der Waals surface area contributed by atoms with E-state index in [1.165, 1.54) is 14.2 Å². The molecule has 0 bridgehead atoms. The number of carbonyl (C=O) groups is 2. The minimum atomic E-state index is -0.596. The summed E-state index contributed by atoms with van der Waals surface area (Å²) < 4.78 is 19.8. The highest BCUT2D eigenvalue weighted by atomic mass is 16.6. The van der Waals surface area contributed by atoms with E-state index in [1.807, 2.05) is 45.0 Å². The van der Waals surface area contributed by atoms with E-state index in [2.05, 4.69) is 4.57 Å². The van der Waals surface area contributed by atoms with Crippen molar-refractivity contribution in [3.05, 3.63) is 42.0 Å². The number of carbonyl (C=O) groups excluding carboxylic acids is 2. The summed E-state index contributed by atoms with van der Waals surface area (Å²) in [5.74, 6) is 0.486. The van der Waals surface area contributed by atoms with Crippen molar-refractivity contribution in [2.45, 2.75) is 32.9 Å². The topological polar surface area (TPSA) is 97.0 Å². The van der Waals surface area contributed by atoms with Crippen LogP contribution in [0.15, 0.2) is 36.4 Å². The lowest BCUT2D eigenvalue weighted by atomic mass is 10.2. The maximum Gasteiger partial charge on any atom is 0.414 e. The average molecular weight is 493 g/mol. The van der Waals surface area contributed by atoms with Gasteiger partial charge in [0.15, 0.2) is 5.82 Å². The summed E-state index contributed by atoms with van der Waals surface area (Å²) in [4.78, 5) is 37.4. The van der Waals surface area contributed by atoms with E-state index in [-0.39, 0.29) is 6.09 Å². The number of imidazole rings is 1. The molecule has 2 aromatic heterocycles. The second-order valence-corrected chi connectivity index (χ2v) is 9.48. The fraction of sp³-hybridized carbons (Fsp3) is 0.346. The fourth-order valence-corrected chi connectivity index (χ4v) is 4.65. The number of esters is 1. The maximum absolute atomic E-state index is 12.9. The normalized spacial score (nSPS) is 13.2. The van der Waals surface area contributed by atoms with E-state index >= 15 is 0 Å². The molecule has 1 aliphatic rings. The highest BCUT2D eigenvalue weighted by molar-refractivity contribution is 6.03. The molecule has 1 aliphatic heterocycles. The molecule has 0 atom stereocenters. The van der Waals surface area contributed by atoms with Gasteiger partial charge in [0.05, 0.1) is 42.2 Å². The number of benzene rings is 2. The third-order valence-electron chi connectivity index (χ3n) is 6.08. The molecule has 0 aliphatic carbocycles. The molecular weight excluding hydrogens is 464 g/mol. The quantitative estimate of drug-likeness (QED) is 0.393. The molecule has 1 amide bonds. The lowest BCUT2D eigenvalue weighted by Gasteiger charge is -2.31. The van der Waals surface area contributed by atoms with Gasteiger partial charge in [-0.2, -0.15) is 4.73 Å². The van der Waals surface area contributed by atoms with Crippen LogP contribution in [0.5, 0.6) is 5.75 Å². The number of methoxy groups -OCH3 is 2. The first-order chi connectivity index (χ1) is 17.2. The Labute approximate surface area is 207 Å². The number of ether oxygens (including phenoxy) is 3. The van der Waals surface area contributed by atoms with Gasteiger partial charge in [-0.05, 0) is 45.0 Å². The van der Waals surface area contributed by atoms with Crippen LogP contribution in [0.25, 0.3) is 33.5 Å². The number of para-hydroxylation sites is 1. The SMILES string of the molecule is COC(=O)c1cc(OC)c2c(c1)nc(-c1cc3cccc4c3n1CCN4C(=O)OC(C)(C)C)n2OC. The van der Waals surface area contributed by atoms with Gasteiger partial charge in [0.2, 0.25) is 0 Å². The van der Waals surface area contributed by atoms with Crippen LogP contribution in [-0.2, 0) is 16.0 Å². The summed E-state index contributed by atoms with van der Waals surface area (Å²) >= 11 is 0.